The average molecular weight is 461 g/mol. The molecule has 31 heavy (non-hydrogen) atoms. The number of rotatable bonds is 9. The monoisotopic (exact) mass is 460 g/mol. The summed E-state index contributed by atoms with van der Waals surface area (Å²) in [5.41, 5.74) is 7.32. The molecule has 0 atom stereocenters. The molecule has 1 heterocycles. The van der Waals surface area contributed by atoms with Gasteiger partial charge in [-0.15, -0.1) is 23.1 Å². The Morgan fingerprint density at radius 2 is 1.81 bits per heavy atom. The highest BCUT2D eigenvalue weighted by atomic mass is 32.2. The fourth-order valence-corrected chi connectivity index (χ4v) is 5.15. The summed E-state index contributed by atoms with van der Waals surface area (Å²) in [6.07, 6.45) is 5.48. The van der Waals surface area contributed by atoms with Gasteiger partial charge in [0.1, 0.15) is 5.00 Å². The van der Waals surface area contributed by atoms with Crippen LogP contribution in [0.1, 0.15) is 56.8 Å². The van der Waals surface area contributed by atoms with E-state index in [2.05, 4.69) is 5.32 Å². The van der Waals surface area contributed by atoms with Crippen LogP contribution in [0.3, 0.4) is 0 Å². The van der Waals surface area contributed by atoms with Gasteiger partial charge in [0.05, 0.1) is 12.0 Å². The SMILES string of the molecule is CSc1ccc(C(=O)CCC(=O)OCC(=O)Nc2sc3c(c2C(N)=O)CCCC3)cc1. The molecule has 3 N–H and O–H groups in total. The number of hydrogen-bond donors (Lipinski definition) is 2. The van der Waals surface area contributed by atoms with Crippen molar-refractivity contribution < 1.29 is 23.9 Å². The lowest BCUT2D eigenvalue weighted by Crippen LogP contribution is -2.23. The molecule has 2 amide bonds. The highest BCUT2D eigenvalue weighted by molar-refractivity contribution is 7.98. The molecule has 0 unspecified atom stereocenters. The first-order valence-electron chi connectivity index (χ1n) is 9.96. The molecule has 7 nitrogen and oxygen atoms in total. The lowest BCUT2D eigenvalue weighted by molar-refractivity contribution is -0.147. The molecule has 0 spiro atoms. The quantitative estimate of drug-likeness (QED) is 0.336. The summed E-state index contributed by atoms with van der Waals surface area (Å²) in [6, 6.07) is 7.15. The Morgan fingerprint density at radius 1 is 1.10 bits per heavy atom. The van der Waals surface area contributed by atoms with E-state index in [1.54, 1.807) is 23.9 Å². The number of primary amides is 1. The second-order valence-corrected chi connectivity index (χ2v) is 9.12. The van der Waals surface area contributed by atoms with Crippen LogP contribution < -0.4 is 11.1 Å². The summed E-state index contributed by atoms with van der Waals surface area (Å²) in [7, 11) is 0. The van der Waals surface area contributed by atoms with Crippen molar-refractivity contribution in [3.05, 3.63) is 45.8 Å². The number of thiophene rings is 1. The van der Waals surface area contributed by atoms with Crippen LogP contribution in [0.5, 0.6) is 0 Å². The van der Waals surface area contributed by atoms with Crippen molar-refractivity contribution >= 4 is 51.7 Å². The Balaban J connectivity index is 1.48. The van der Waals surface area contributed by atoms with Crippen LogP contribution in [-0.4, -0.2) is 36.4 Å². The van der Waals surface area contributed by atoms with E-state index in [0.717, 1.165) is 41.0 Å². The number of carbonyl (C=O) groups is 4. The Kier molecular flexibility index (Phi) is 7.86. The third kappa shape index (κ3) is 5.95. The number of ether oxygens (including phenoxy) is 1. The van der Waals surface area contributed by atoms with Crippen molar-refractivity contribution in [2.75, 3.05) is 18.2 Å². The van der Waals surface area contributed by atoms with Gasteiger partial charge in [0.25, 0.3) is 11.8 Å². The lowest BCUT2D eigenvalue weighted by Gasteiger charge is -2.11. The van der Waals surface area contributed by atoms with E-state index in [4.69, 9.17) is 10.5 Å². The number of fused-ring (bicyclic) bond motifs is 1. The molecule has 1 aliphatic carbocycles. The molecule has 0 fully saturated rings. The zero-order valence-electron chi connectivity index (χ0n) is 17.2. The zero-order chi connectivity index (χ0) is 22.4. The number of amides is 2. The van der Waals surface area contributed by atoms with E-state index in [1.807, 2.05) is 18.4 Å². The van der Waals surface area contributed by atoms with Crippen molar-refractivity contribution in [1.82, 2.24) is 0 Å². The highest BCUT2D eigenvalue weighted by Gasteiger charge is 2.25. The van der Waals surface area contributed by atoms with Gasteiger partial charge < -0.3 is 15.8 Å². The summed E-state index contributed by atoms with van der Waals surface area (Å²) in [5, 5.41) is 3.05. The van der Waals surface area contributed by atoms with Crippen molar-refractivity contribution in [1.29, 1.82) is 0 Å². The van der Waals surface area contributed by atoms with Gasteiger partial charge in [-0.2, -0.15) is 0 Å². The first-order chi connectivity index (χ1) is 14.9. The highest BCUT2D eigenvalue weighted by Crippen LogP contribution is 2.37. The number of benzene rings is 1. The lowest BCUT2D eigenvalue weighted by atomic mass is 9.95. The van der Waals surface area contributed by atoms with Crippen LogP contribution >= 0.6 is 23.1 Å². The second kappa shape index (κ2) is 10.6. The number of anilines is 1. The number of thioether (sulfide) groups is 1. The number of nitrogens with one attached hydrogen (secondary N) is 1. The smallest absolute Gasteiger partial charge is 0.306 e. The minimum absolute atomic E-state index is 0.00251. The normalized spacial score (nSPS) is 12.7. The standard InChI is InChI=1S/C22H24N2O5S2/c1-30-14-8-6-13(7-9-14)16(25)10-11-19(27)29-12-18(26)24-22-20(21(23)28)15-4-2-3-5-17(15)31-22/h6-9H,2-5,10-12H2,1H3,(H2,23,28)(H,24,26). The molecule has 9 heteroatoms. The van der Waals surface area contributed by atoms with E-state index in [9.17, 15) is 19.2 Å². The summed E-state index contributed by atoms with van der Waals surface area (Å²) >= 11 is 2.93. The maximum absolute atomic E-state index is 12.2. The minimum Gasteiger partial charge on any atom is -0.456 e. The largest absolute Gasteiger partial charge is 0.456 e. The van der Waals surface area contributed by atoms with Gasteiger partial charge in [-0.05, 0) is 49.6 Å². The number of esters is 1. The molecule has 0 bridgehead atoms. The number of aryl methyl sites for hydroxylation is 1. The molecule has 0 saturated heterocycles. The van der Waals surface area contributed by atoms with E-state index < -0.39 is 24.4 Å². The van der Waals surface area contributed by atoms with Crippen LogP contribution in [0, 0.1) is 0 Å². The number of Topliss-reactive ketones (excluding diaryl/α,β-unsaturated/α-hetero) is 1. The van der Waals surface area contributed by atoms with Crippen molar-refractivity contribution in [2.24, 2.45) is 5.73 Å². The van der Waals surface area contributed by atoms with Crippen LogP contribution in [-0.2, 0) is 27.2 Å². The third-order valence-electron chi connectivity index (χ3n) is 5.00. The van der Waals surface area contributed by atoms with Gasteiger partial charge in [0.2, 0.25) is 0 Å². The number of hydrogen-bond acceptors (Lipinski definition) is 7. The summed E-state index contributed by atoms with van der Waals surface area (Å²) < 4.78 is 4.98. The zero-order valence-corrected chi connectivity index (χ0v) is 18.8. The first kappa shape index (κ1) is 23.0. The van der Waals surface area contributed by atoms with Crippen LogP contribution in [0.25, 0.3) is 0 Å². The molecular weight excluding hydrogens is 436 g/mol. The van der Waals surface area contributed by atoms with E-state index >= 15 is 0 Å². The number of carbonyl (C=O) groups excluding carboxylic acids is 4. The molecule has 0 radical (unpaired) electrons. The third-order valence-corrected chi connectivity index (χ3v) is 6.95. The number of nitrogens with two attached hydrogens (primary N) is 1. The molecule has 1 aromatic heterocycles. The maximum atomic E-state index is 12.2. The van der Waals surface area contributed by atoms with E-state index in [0.29, 0.717) is 16.1 Å². The van der Waals surface area contributed by atoms with E-state index in [1.165, 1.54) is 11.3 Å². The molecule has 0 aliphatic heterocycles. The van der Waals surface area contributed by atoms with Gasteiger partial charge in [0, 0.05) is 21.8 Å². The topological polar surface area (TPSA) is 116 Å². The number of ketones is 1. The molecule has 1 aliphatic rings. The minimum atomic E-state index is -0.634. The molecule has 0 saturated carbocycles. The van der Waals surface area contributed by atoms with Gasteiger partial charge in [-0.25, -0.2) is 0 Å². The summed E-state index contributed by atoms with van der Waals surface area (Å²) in [4.78, 5) is 50.3. The Bertz CT molecular complexity index is 998. The summed E-state index contributed by atoms with van der Waals surface area (Å²) in [6.45, 7) is -0.490. The average Bonchev–Trinajstić information content (AvgIpc) is 3.14. The summed E-state index contributed by atoms with van der Waals surface area (Å²) in [5.74, 6) is -1.92. The van der Waals surface area contributed by atoms with Gasteiger partial charge >= 0.3 is 5.97 Å². The predicted octanol–water partition coefficient (Wildman–Crippen LogP) is 3.59. The van der Waals surface area contributed by atoms with Crippen molar-refractivity contribution in [2.45, 2.75) is 43.4 Å². The van der Waals surface area contributed by atoms with Crippen LogP contribution in [0.4, 0.5) is 5.00 Å². The van der Waals surface area contributed by atoms with Gasteiger partial charge in [-0.3, -0.25) is 19.2 Å². The Hall–Kier alpha value is -2.65. The van der Waals surface area contributed by atoms with Crippen LogP contribution in [0.15, 0.2) is 29.2 Å². The van der Waals surface area contributed by atoms with Gasteiger partial charge in [-0.1, -0.05) is 12.1 Å². The molecule has 2 aromatic rings. The molecule has 164 valence electrons. The Morgan fingerprint density at radius 3 is 2.48 bits per heavy atom. The van der Waals surface area contributed by atoms with E-state index in [-0.39, 0.29) is 18.6 Å². The Labute approximate surface area is 188 Å². The molecule has 1 aromatic carbocycles. The molecular formula is C22H24N2O5S2. The van der Waals surface area contributed by atoms with Crippen molar-refractivity contribution in [3.63, 3.8) is 0 Å². The predicted molar refractivity (Wildman–Crippen MR) is 121 cm³/mol. The molecule has 3 rings (SSSR count). The maximum Gasteiger partial charge on any atom is 0.306 e. The first-order valence-corrected chi connectivity index (χ1v) is 12.0. The van der Waals surface area contributed by atoms with Crippen molar-refractivity contribution in [3.8, 4) is 0 Å². The van der Waals surface area contributed by atoms with Gasteiger partial charge in [0.15, 0.2) is 12.4 Å². The fraction of sp³-hybridized carbons (Fsp3) is 0.364. The fourth-order valence-electron chi connectivity index (χ4n) is 3.43. The second-order valence-electron chi connectivity index (χ2n) is 7.14. The van der Waals surface area contributed by atoms with Crippen LogP contribution in [0.2, 0.25) is 0 Å².